The van der Waals surface area contributed by atoms with Gasteiger partial charge >= 0.3 is 0 Å². The molecule has 0 bridgehead atoms. The molecule has 0 atom stereocenters. The van der Waals surface area contributed by atoms with E-state index < -0.39 is 0 Å². The predicted octanol–water partition coefficient (Wildman–Crippen LogP) is 4.49. The molecule has 0 saturated carbocycles. The number of benzene rings is 3. The molecule has 31 heavy (non-hydrogen) atoms. The normalized spacial score (nSPS) is 11.3. The van der Waals surface area contributed by atoms with Crippen molar-refractivity contribution >= 4 is 37.6 Å². The molecule has 5 aromatic rings. The van der Waals surface area contributed by atoms with Gasteiger partial charge in [0.15, 0.2) is 0 Å². The number of nitrogens with zero attached hydrogens (tertiary/aromatic N) is 2. The molecule has 2 aromatic heterocycles. The van der Waals surface area contributed by atoms with Crippen LogP contribution in [0.5, 0.6) is 0 Å². The highest BCUT2D eigenvalue weighted by molar-refractivity contribution is 9.10. The second-order valence-corrected chi connectivity index (χ2v) is 8.35. The number of hydrogen-bond donors (Lipinski definition) is 2. The van der Waals surface area contributed by atoms with Gasteiger partial charge in [-0.15, -0.1) is 0 Å². The summed E-state index contributed by atoms with van der Waals surface area (Å²) in [7, 11) is 0. The average molecular weight is 473 g/mol. The molecule has 0 spiro atoms. The van der Waals surface area contributed by atoms with Crippen molar-refractivity contribution in [3.63, 3.8) is 0 Å². The third-order valence-corrected chi connectivity index (χ3v) is 5.91. The Balaban J connectivity index is 1.54. The van der Waals surface area contributed by atoms with Crippen LogP contribution in [-0.4, -0.2) is 20.2 Å². The second-order valence-electron chi connectivity index (χ2n) is 7.44. The molecule has 0 saturated heterocycles. The molecule has 2 heterocycles. The van der Waals surface area contributed by atoms with E-state index in [0.29, 0.717) is 28.5 Å². The molecule has 0 aliphatic heterocycles. The number of nitrogens with one attached hydrogen (secondary N) is 2. The van der Waals surface area contributed by atoms with Crippen LogP contribution in [0.1, 0.15) is 16.8 Å². The van der Waals surface area contributed by atoms with Crippen LogP contribution >= 0.6 is 15.9 Å². The number of hydrogen-bond acceptors (Lipinski definition) is 4. The zero-order valence-electron chi connectivity index (χ0n) is 16.6. The fraction of sp³-hybridized carbons (Fsp3) is 0.0833. The minimum Gasteiger partial charge on any atom is -0.306 e. The number of aryl methyl sites for hydroxylation is 1. The van der Waals surface area contributed by atoms with E-state index in [-0.39, 0.29) is 11.1 Å². The third-order valence-electron chi connectivity index (χ3n) is 5.42. The maximum absolute atomic E-state index is 12.5. The first kappa shape index (κ1) is 19.4. The second kappa shape index (κ2) is 7.59. The van der Waals surface area contributed by atoms with E-state index in [9.17, 15) is 9.59 Å². The Kier molecular flexibility index (Phi) is 4.75. The molecule has 152 valence electrons. The van der Waals surface area contributed by atoms with Crippen molar-refractivity contribution in [2.45, 2.75) is 13.3 Å². The topological polar surface area (TPSA) is 91.5 Å². The van der Waals surface area contributed by atoms with Crippen LogP contribution in [0.15, 0.2) is 74.7 Å². The van der Waals surface area contributed by atoms with Gasteiger partial charge in [0.05, 0.1) is 22.0 Å². The Morgan fingerprint density at radius 1 is 0.903 bits per heavy atom. The number of rotatable bonds is 3. The predicted molar refractivity (Wildman–Crippen MR) is 125 cm³/mol. The van der Waals surface area contributed by atoms with Gasteiger partial charge in [-0.05, 0) is 48.4 Å². The van der Waals surface area contributed by atoms with Gasteiger partial charge in [-0.3, -0.25) is 9.59 Å². The van der Waals surface area contributed by atoms with Crippen LogP contribution in [0.3, 0.4) is 0 Å². The van der Waals surface area contributed by atoms with Crippen LogP contribution in [0.25, 0.3) is 33.1 Å². The Bertz CT molecular complexity index is 1590. The van der Waals surface area contributed by atoms with E-state index >= 15 is 0 Å². The summed E-state index contributed by atoms with van der Waals surface area (Å²) < 4.78 is 0.837. The first-order valence-corrected chi connectivity index (χ1v) is 10.5. The summed E-state index contributed by atoms with van der Waals surface area (Å²) in [5.41, 5.74) is 4.06. The quantitative estimate of drug-likeness (QED) is 0.404. The molecule has 2 N–H and O–H groups in total. The monoisotopic (exact) mass is 472 g/mol. The van der Waals surface area contributed by atoms with Crippen molar-refractivity contribution in [1.82, 2.24) is 20.2 Å². The van der Waals surface area contributed by atoms with Crippen molar-refractivity contribution in [1.29, 1.82) is 0 Å². The van der Waals surface area contributed by atoms with Gasteiger partial charge in [-0.25, -0.2) is 10.1 Å². The van der Waals surface area contributed by atoms with Gasteiger partial charge in [0.1, 0.15) is 5.82 Å². The molecule has 7 heteroatoms. The number of halogens is 1. The highest BCUT2D eigenvalue weighted by Gasteiger charge is 2.11. The molecule has 3 aromatic carbocycles. The maximum atomic E-state index is 12.5. The standard InChI is InChI=1S/C24H17BrN4O2/c1-13-10-15(22-26-20-9-8-16(25)12-19(20)23(30)27-22)7-6-14(13)11-21-17-4-2-3-5-18(17)24(31)29-28-21/h2-10,12H,11H2,1H3,(H,29,31)(H,26,27,30). The van der Waals surface area contributed by atoms with E-state index in [0.717, 1.165) is 32.2 Å². The smallest absolute Gasteiger partial charge is 0.272 e. The van der Waals surface area contributed by atoms with Crippen LogP contribution in [0.2, 0.25) is 0 Å². The number of aromatic nitrogens is 4. The summed E-state index contributed by atoms with van der Waals surface area (Å²) in [5.74, 6) is 0.530. The van der Waals surface area contributed by atoms with Gasteiger partial charge in [-0.2, -0.15) is 5.10 Å². The first-order chi connectivity index (χ1) is 15.0. The summed E-state index contributed by atoms with van der Waals surface area (Å²) in [6.07, 6.45) is 0.582. The average Bonchev–Trinajstić information content (AvgIpc) is 2.77. The Labute approximate surface area is 185 Å². The molecule has 0 radical (unpaired) electrons. The lowest BCUT2D eigenvalue weighted by Gasteiger charge is -2.10. The van der Waals surface area contributed by atoms with Gasteiger partial charge in [0.2, 0.25) is 0 Å². The van der Waals surface area contributed by atoms with Gasteiger partial charge in [0.25, 0.3) is 11.1 Å². The summed E-state index contributed by atoms with van der Waals surface area (Å²) in [6.45, 7) is 2.02. The minimum atomic E-state index is -0.190. The van der Waals surface area contributed by atoms with Crippen molar-refractivity contribution in [2.75, 3.05) is 0 Å². The molecule has 0 amide bonds. The van der Waals surface area contributed by atoms with E-state index in [2.05, 4.69) is 36.1 Å². The van der Waals surface area contributed by atoms with Crippen molar-refractivity contribution in [3.8, 4) is 11.4 Å². The number of aromatic amines is 2. The van der Waals surface area contributed by atoms with Gasteiger partial charge < -0.3 is 4.98 Å². The molecule has 0 aliphatic rings. The van der Waals surface area contributed by atoms with Crippen LogP contribution in [-0.2, 0) is 6.42 Å². The molecule has 0 unspecified atom stereocenters. The zero-order chi connectivity index (χ0) is 21.5. The highest BCUT2D eigenvalue weighted by atomic mass is 79.9. The molecule has 6 nitrogen and oxygen atoms in total. The Morgan fingerprint density at radius 3 is 2.52 bits per heavy atom. The largest absolute Gasteiger partial charge is 0.306 e. The van der Waals surface area contributed by atoms with Crippen molar-refractivity contribution in [3.05, 3.63) is 103 Å². The van der Waals surface area contributed by atoms with Gasteiger partial charge in [-0.1, -0.05) is 46.3 Å². The summed E-state index contributed by atoms with van der Waals surface area (Å²) >= 11 is 3.39. The lowest BCUT2D eigenvalue weighted by Crippen LogP contribution is -2.11. The lowest BCUT2D eigenvalue weighted by atomic mass is 9.98. The van der Waals surface area contributed by atoms with Gasteiger partial charge in [0, 0.05) is 21.8 Å². The molecular weight excluding hydrogens is 456 g/mol. The lowest BCUT2D eigenvalue weighted by molar-refractivity contribution is 0.931. The highest BCUT2D eigenvalue weighted by Crippen LogP contribution is 2.24. The number of H-pyrrole nitrogens is 2. The maximum Gasteiger partial charge on any atom is 0.272 e. The molecule has 0 fully saturated rings. The number of fused-ring (bicyclic) bond motifs is 2. The molecular formula is C24H17BrN4O2. The Hall–Kier alpha value is -3.58. The molecule has 0 aliphatic carbocycles. The van der Waals surface area contributed by atoms with Crippen LogP contribution in [0.4, 0.5) is 0 Å². The van der Waals surface area contributed by atoms with Crippen molar-refractivity contribution in [2.24, 2.45) is 0 Å². The van der Waals surface area contributed by atoms with E-state index in [1.54, 1.807) is 12.1 Å². The van der Waals surface area contributed by atoms with E-state index in [4.69, 9.17) is 0 Å². The first-order valence-electron chi connectivity index (χ1n) is 9.75. The minimum absolute atomic E-state index is 0.174. The van der Waals surface area contributed by atoms with Crippen LogP contribution in [0, 0.1) is 6.92 Å². The van der Waals surface area contributed by atoms with E-state index in [1.807, 2.05) is 55.5 Å². The van der Waals surface area contributed by atoms with E-state index in [1.165, 1.54) is 0 Å². The summed E-state index contributed by atoms with van der Waals surface area (Å²) in [5, 5.41) is 8.89. The summed E-state index contributed by atoms with van der Waals surface area (Å²) in [4.78, 5) is 32.1. The third kappa shape index (κ3) is 3.57. The van der Waals surface area contributed by atoms with Crippen LogP contribution < -0.4 is 11.1 Å². The summed E-state index contributed by atoms with van der Waals surface area (Å²) in [6, 6.07) is 18.9. The zero-order valence-corrected chi connectivity index (χ0v) is 18.2. The fourth-order valence-electron chi connectivity index (χ4n) is 3.78. The molecule has 5 rings (SSSR count). The van der Waals surface area contributed by atoms with Crippen molar-refractivity contribution < 1.29 is 0 Å². The fourth-order valence-corrected chi connectivity index (χ4v) is 4.14. The SMILES string of the molecule is Cc1cc(-c2nc3ccc(Br)cc3c(=O)[nH]2)ccc1Cc1n[nH]c(=O)c2ccccc12. The Morgan fingerprint density at radius 2 is 1.71 bits per heavy atom.